The highest BCUT2D eigenvalue weighted by atomic mass is 32.1. The molecule has 0 fully saturated rings. The summed E-state index contributed by atoms with van der Waals surface area (Å²) in [4.78, 5) is 15.2. The minimum atomic E-state index is -0.0214. The van der Waals surface area contributed by atoms with Crippen molar-refractivity contribution in [2.45, 2.75) is 6.92 Å². The van der Waals surface area contributed by atoms with Gasteiger partial charge < -0.3 is 5.32 Å². The van der Waals surface area contributed by atoms with Crippen molar-refractivity contribution < 1.29 is 4.79 Å². The van der Waals surface area contributed by atoms with Crippen LogP contribution >= 0.6 is 11.3 Å². The molecule has 1 heterocycles. The number of carbonyl (C=O) groups is 1. The predicted octanol–water partition coefficient (Wildman–Crippen LogP) is 1.61. The minimum absolute atomic E-state index is 0.0214. The molecule has 0 bridgehead atoms. The normalized spacial score (nSPS) is 11.5. The summed E-state index contributed by atoms with van der Waals surface area (Å²) < 4.78 is 0. The quantitative estimate of drug-likeness (QED) is 0.834. The third-order valence-corrected chi connectivity index (χ3v) is 3.04. The Morgan fingerprint density at radius 3 is 2.88 bits per heavy atom. The van der Waals surface area contributed by atoms with Crippen LogP contribution in [0, 0.1) is 0 Å². The lowest BCUT2D eigenvalue weighted by molar-refractivity contribution is 0.101. The molecule has 1 N–H and O–H groups in total. The Morgan fingerprint density at radius 2 is 2.24 bits per heavy atom. The third-order valence-electron chi connectivity index (χ3n) is 2.27. The number of hydrogen-bond donors (Lipinski definition) is 1. The molecule has 4 heteroatoms. The van der Waals surface area contributed by atoms with Gasteiger partial charge in [0.05, 0.1) is 0 Å². The number of Topliss-reactive ketones (excluding diaryl/α,β-unsaturated/α-hetero) is 1. The predicted molar refractivity (Wildman–Crippen MR) is 71.4 cm³/mol. The lowest BCUT2D eigenvalue weighted by Crippen LogP contribution is -2.23. The molecule has 0 radical (unpaired) electrons. The molecule has 1 aromatic carbocycles. The molecule has 2 rings (SSSR count). The average Bonchev–Trinajstić information content (AvgIpc) is 2.77. The van der Waals surface area contributed by atoms with Gasteiger partial charge in [0.15, 0.2) is 10.9 Å². The monoisotopic (exact) mass is 244 g/mol. The van der Waals surface area contributed by atoms with Crippen LogP contribution in [0.2, 0.25) is 0 Å². The fraction of sp³-hybridized carbons (Fsp3) is 0.0769. The fourth-order valence-electron chi connectivity index (χ4n) is 1.32. The highest BCUT2D eigenvalue weighted by molar-refractivity contribution is 7.14. The van der Waals surface area contributed by atoms with Crippen LogP contribution in [0.4, 0.5) is 5.13 Å². The lowest BCUT2D eigenvalue weighted by Gasteiger charge is -1.93. The first-order chi connectivity index (χ1) is 8.16. The number of aromatic nitrogens is 1. The van der Waals surface area contributed by atoms with Crippen molar-refractivity contribution in [2.24, 2.45) is 0 Å². The summed E-state index contributed by atoms with van der Waals surface area (Å²) in [5.41, 5.74) is 0.494. The lowest BCUT2D eigenvalue weighted by atomic mass is 10.2. The van der Waals surface area contributed by atoms with E-state index in [9.17, 15) is 4.79 Å². The molecule has 0 amide bonds. The topological polar surface area (TPSA) is 42.0 Å². The van der Waals surface area contributed by atoms with Crippen LogP contribution in [0.3, 0.4) is 0 Å². The van der Waals surface area contributed by atoms with Crippen LogP contribution in [0.25, 0.3) is 12.8 Å². The Labute approximate surface area is 103 Å². The van der Waals surface area contributed by atoms with E-state index in [1.807, 2.05) is 30.5 Å². The van der Waals surface area contributed by atoms with Crippen molar-refractivity contribution in [3.05, 3.63) is 45.8 Å². The molecule has 0 aliphatic carbocycles. The first-order valence-electron chi connectivity index (χ1n) is 5.14. The maximum Gasteiger partial charge on any atom is 0.187 e. The Kier molecular flexibility index (Phi) is 3.35. The molecule has 0 spiro atoms. The molecule has 2 aromatic rings. The van der Waals surface area contributed by atoms with Gasteiger partial charge in [-0.15, -0.1) is 11.3 Å². The molecule has 0 atom stereocenters. The summed E-state index contributed by atoms with van der Waals surface area (Å²) in [5.74, 6) is -0.0214. The van der Waals surface area contributed by atoms with Crippen molar-refractivity contribution in [1.29, 1.82) is 0 Å². The summed E-state index contributed by atoms with van der Waals surface area (Å²) in [5, 5.41) is 7.47. The summed E-state index contributed by atoms with van der Waals surface area (Å²) in [7, 11) is 0. The number of anilines is 1. The average molecular weight is 244 g/mol. The number of rotatable bonds is 3. The fourth-order valence-corrected chi connectivity index (χ4v) is 2.04. The Bertz CT molecular complexity index is 645. The highest BCUT2D eigenvalue weighted by Crippen LogP contribution is 2.15. The number of hydrogen-bond acceptors (Lipinski definition) is 4. The molecular formula is C13H12N2OS. The van der Waals surface area contributed by atoms with Gasteiger partial charge >= 0.3 is 0 Å². The molecule has 0 aliphatic rings. The van der Waals surface area contributed by atoms with Gasteiger partial charge in [0.25, 0.3) is 0 Å². The molecule has 1 aromatic heterocycles. The first-order valence-corrected chi connectivity index (χ1v) is 6.02. The first kappa shape index (κ1) is 11.5. The molecule has 0 unspecified atom stereocenters. The number of benzene rings is 1. The minimum Gasteiger partial charge on any atom is -0.337 e. The van der Waals surface area contributed by atoms with Crippen LogP contribution in [0.15, 0.2) is 29.6 Å². The molecule has 3 nitrogen and oxygen atoms in total. The summed E-state index contributed by atoms with van der Waals surface area (Å²) in [6, 6.07) is 7.80. The van der Waals surface area contributed by atoms with Crippen LogP contribution < -0.4 is 15.8 Å². The maximum atomic E-state index is 11.1. The molecule has 0 saturated carbocycles. The number of ketones is 1. The van der Waals surface area contributed by atoms with E-state index in [1.165, 1.54) is 18.3 Å². The Hall–Kier alpha value is -1.94. The summed E-state index contributed by atoms with van der Waals surface area (Å²) >= 11 is 1.41. The zero-order valence-corrected chi connectivity index (χ0v) is 10.3. The van der Waals surface area contributed by atoms with Crippen molar-refractivity contribution >= 4 is 35.0 Å². The van der Waals surface area contributed by atoms with Crippen LogP contribution in [-0.2, 0) is 0 Å². The van der Waals surface area contributed by atoms with Crippen molar-refractivity contribution in [2.75, 3.05) is 5.32 Å². The standard InChI is InChI=1S/C13H12N2OS/c1-9-5-3-4-6-11(9)7-14-13-15-12(8-17-13)10(2)16/h3-8H,1H2,2H3,(H,14,15)/b11-7-. The van der Waals surface area contributed by atoms with Gasteiger partial charge in [0, 0.05) is 18.5 Å². The van der Waals surface area contributed by atoms with Gasteiger partial charge in [0.1, 0.15) is 5.69 Å². The van der Waals surface area contributed by atoms with Gasteiger partial charge in [0.2, 0.25) is 0 Å². The number of nitrogens with zero attached hydrogens (tertiary/aromatic N) is 1. The van der Waals surface area contributed by atoms with Crippen LogP contribution in [-0.4, -0.2) is 10.8 Å². The number of thiazole rings is 1. The van der Waals surface area contributed by atoms with E-state index < -0.39 is 0 Å². The van der Waals surface area contributed by atoms with E-state index in [0.717, 1.165) is 10.4 Å². The van der Waals surface area contributed by atoms with Gasteiger partial charge in [-0.25, -0.2) is 4.98 Å². The van der Waals surface area contributed by atoms with Gasteiger partial charge in [-0.1, -0.05) is 30.8 Å². The SMILES string of the molecule is C=c1cccc/c1=C/Nc1nc(C(C)=O)cs1. The number of nitrogens with one attached hydrogen (secondary N) is 1. The van der Waals surface area contributed by atoms with Gasteiger partial charge in [-0.3, -0.25) is 4.79 Å². The molecular weight excluding hydrogens is 232 g/mol. The molecule has 17 heavy (non-hydrogen) atoms. The number of carbonyl (C=O) groups excluding carboxylic acids is 1. The second-order valence-electron chi connectivity index (χ2n) is 3.58. The van der Waals surface area contributed by atoms with Gasteiger partial charge in [-0.05, 0) is 10.4 Å². The van der Waals surface area contributed by atoms with Crippen molar-refractivity contribution in [3.8, 4) is 0 Å². The third kappa shape index (κ3) is 2.79. The molecule has 0 aliphatic heterocycles. The van der Waals surface area contributed by atoms with Crippen molar-refractivity contribution in [1.82, 2.24) is 4.98 Å². The zero-order valence-electron chi connectivity index (χ0n) is 9.43. The van der Waals surface area contributed by atoms with E-state index in [1.54, 1.807) is 5.38 Å². The second-order valence-corrected chi connectivity index (χ2v) is 4.44. The summed E-state index contributed by atoms with van der Waals surface area (Å²) in [6.45, 7) is 5.43. The zero-order chi connectivity index (χ0) is 12.3. The Balaban J connectivity index is 2.23. The van der Waals surface area contributed by atoms with Gasteiger partial charge in [-0.2, -0.15) is 0 Å². The second kappa shape index (κ2) is 4.93. The smallest absolute Gasteiger partial charge is 0.187 e. The highest BCUT2D eigenvalue weighted by Gasteiger charge is 2.03. The largest absolute Gasteiger partial charge is 0.337 e. The maximum absolute atomic E-state index is 11.1. The van der Waals surface area contributed by atoms with E-state index in [0.29, 0.717) is 10.8 Å². The molecule has 0 saturated heterocycles. The summed E-state index contributed by atoms with van der Waals surface area (Å²) in [6.07, 6.45) is 1.84. The Morgan fingerprint density at radius 1 is 1.47 bits per heavy atom. The van der Waals surface area contributed by atoms with E-state index >= 15 is 0 Å². The van der Waals surface area contributed by atoms with E-state index in [-0.39, 0.29) is 5.78 Å². The van der Waals surface area contributed by atoms with Crippen LogP contribution in [0.5, 0.6) is 0 Å². The van der Waals surface area contributed by atoms with E-state index in [2.05, 4.69) is 16.9 Å². The van der Waals surface area contributed by atoms with Crippen molar-refractivity contribution in [3.63, 3.8) is 0 Å². The van der Waals surface area contributed by atoms with E-state index in [4.69, 9.17) is 0 Å². The van der Waals surface area contributed by atoms with Crippen LogP contribution in [0.1, 0.15) is 17.4 Å². The molecule has 86 valence electrons.